The minimum Gasteiger partial charge on any atom is -0.497 e. The number of methoxy groups -OCH3 is 1. The number of hydrogen-bond donors (Lipinski definition) is 1. The summed E-state index contributed by atoms with van der Waals surface area (Å²) in [7, 11) is 1.61. The topological polar surface area (TPSA) is 78.3 Å². The van der Waals surface area contributed by atoms with Gasteiger partial charge in [-0.05, 0) is 78.4 Å². The van der Waals surface area contributed by atoms with Gasteiger partial charge in [0.05, 0.1) is 35.0 Å². The van der Waals surface area contributed by atoms with Gasteiger partial charge in [0.15, 0.2) is 5.82 Å². The number of hydrogen-bond acceptors (Lipinski definition) is 5. The van der Waals surface area contributed by atoms with E-state index in [0.29, 0.717) is 45.8 Å². The number of rotatable bonds is 9. The quantitative estimate of drug-likeness (QED) is 0.179. The van der Waals surface area contributed by atoms with E-state index in [1.807, 2.05) is 24.3 Å². The van der Waals surface area contributed by atoms with E-state index in [4.69, 9.17) is 32.7 Å². The van der Waals surface area contributed by atoms with Gasteiger partial charge in [-0.2, -0.15) is 18.2 Å². The summed E-state index contributed by atoms with van der Waals surface area (Å²) in [4.78, 5) is 17.4. The monoisotopic (exact) mass is 626 g/mol. The predicted octanol–water partition coefficient (Wildman–Crippen LogP) is 8.14. The molecule has 0 spiro atoms. The van der Waals surface area contributed by atoms with Gasteiger partial charge in [-0.1, -0.05) is 41.4 Å². The second kappa shape index (κ2) is 12.8. The molecule has 1 aromatic heterocycles. The average molecular weight is 627 g/mol. The van der Waals surface area contributed by atoms with Crippen LogP contribution in [0.15, 0.2) is 91.0 Å². The second-order valence-electron chi connectivity index (χ2n) is 9.28. The van der Waals surface area contributed by atoms with Crippen molar-refractivity contribution in [2.75, 3.05) is 19.0 Å². The number of amides is 1. The van der Waals surface area contributed by atoms with Crippen LogP contribution in [-0.2, 0) is 12.6 Å². The van der Waals surface area contributed by atoms with Crippen molar-refractivity contribution in [3.8, 4) is 28.8 Å². The zero-order chi connectivity index (χ0) is 30.6. The summed E-state index contributed by atoms with van der Waals surface area (Å²) in [6.07, 6.45) is -3.89. The maximum atomic E-state index is 12.9. The van der Waals surface area contributed by atoms with Crippen LogP contribution in [0.3, 0.4) is 0 Å². The Kier molecular flexibility index (Phi) is 8.89. The molecule has 0 bridgehead atoms. The number of aromatic nitrogens is 3. The van der Waals surface area contributed by atoms with Crippen molar-refractivity contribution in [1.82, 2.24) is 14.8 Å². The Labute approximate surface area is 254 Å². The van der Waals surface area contributed by atoms with Crippen LogP contribution in [0.4, 0.5) is 18.9 Å². The summed E-state index contributed by atoms with van der Waals surface area (Å²) in [6, 6.07) is 23.5. The molecule has 0 radical (unpaired) electrons. The fourth-order valence-corrected chi connectivity index (χ4v) is 4.44. The Bertz CT molecular complexity index is 1740. The van der Waals surface area contributed by atoms with Gasteiger partial charge in [0.25, 0.3) is 5.91 Å². The number of nitrogens with one attached hydrogen (secondary N) is 1. The van der Waals surface area contributed by atoms with E-state index in [1.54, 1.807) is 49.6 Å². The van der Waals surface area contributed by atoms with Gasteiger partial charge in [-0.15, -0.1) is 5.10 Å². The van der Waals surface area contributed by atoms with E-state index in [9.17, 15) is 18.0 Å². The molecule has 0 saturated carbocycles. The second-order valence-corrected chi connectivity index (χ2v) is 10.1. The standard InChI is InChI=1S/C31H23Cl2F3N4O3/c1-42-25-12-5-19(6-13-25)15-16-43-30-38-28(21-9-14-26(32)27(33)17-21)40(39-30)24-4-2-3-23(18-24)37-29(41)20-7-10-22(11-8-20)31(34,35)36/h2-14,17-18H,15-16H2,1H3,(H,37,41). The fourth-order valence-electron chi connectivity index (χ4n) is 4.14. The number of alkyl halides is 3. The molecule has 4 aromatic carbocycles. The molecule has 0 fully saturated rings. The highest BCUT2D eigenvalue weighted by molar-refractivity contribution is 6.42. The molecule has 5 aromatic rings. The van der Waals surface area contributed by atoms with Crippen LogP contribution in [0.1, 0.15) is 21.5 Å². The SMILES string of the molecule is COc1ccc(CCOc2nc(-c3ccc(Cl)c(Cl)c3)n(-c3cccc(NC(=O)c4ccc(C(F)(F)F)cc4)c3)n2)cc1. The van der Waals surface area contributed by atoms with Crippen LogP contribution < -0.4 is 14.8 Å². The predicted molar refractivity (Wildman–Crippen MR) is 158 cm³/mol. The molecule has 0 unspecified atom stereocenters. The summed E-state index contributed by atoms with van der Waals surface area (Å²) < 4.78 is 51.3. The molecule has 0 atom stereocenters. The highest BCUT2D eigenvalue weighted by Crippen LogP contribution is 2.31. The van der Waals surface area contributed by atoms with Gasteiger partial charge in [-0.3, -0.25) is 4.79 Å². The largest absolute Gasteiger partial charge is 0.497 e. The zero-order valence-corrected chi connectivity index (χ0v) is 24.0. The molecule has 220 valence electrons. The first kappa shape index (κ1) is 29.9. The molecule has 0 aliphatic heterocycles. The number of anilines is 1. The van der Waals surface area contributed by atoms with Gasteiger partial charge in [0.2, 0.25) is 0 Å². The summed E-state index contributed by atoms with van der Waals surface area (Å²) >= 11 is 12.4. The minimum absolute atomic E-state index is 0.0724. The third kappa shape index (κ3) is 7.28. The van der Waals surface area contributed by atoms with Gasteiger partial charge in [0, 0.05) is 23.2 Å². The van der Waals surface area contributed by atoms with Crippen molar-refractivity contribution in [3.63, 3.8) is 0 Å². The van der Waals surface area contributed by atoms with Crippen molar-refractivity contribution in [1.29, 1.82) is 0 Å². The lowest BCUT2D eigenvalue weighted by Gasteiger charge is -2.11. The maximum absolute atomic E-state index is 12.9. The third-order valence-electron chi connectivity index (χ3n) is 6.37. The number of carbonyl (C=O) groups excluding carboxylic acids is 1. The molecule has 0 aliphatic rings. The van der Waals surface area contributed by atoms with Crippen LogP contribution in [0.2, 0.25) is 10.0 Å². The van der Waals surface area contributed by atoms with E-state index in [1.165, 1.54) is 4.68 Å². The van der Waals surface area contributed by atoms with Crippen molar-refractivity contribution in [2.45, 2.75) is 12.6 Å². The van der Waals surface area contributed by atoms with Crippen molar-refractivity contribution in [3.05, 3.63) is 118 Å². The fraction of sp³-hybridized carbons (Fsp3) is 0.129. The molecule has 1 amide bonds. The van der Waals surface area contributed by atoms with Crippen LogP contribution in [0, 0.1) is 0 Å². The zero-order valence-electron chi connectivity index (χ0n) is 22.5. The Hall–Kier alpha value is -4.54. The number of halogens is 5. The smallest absolute Gasteiger partial charge is 0.416 e. The first-order valence-electron chi connectivity index (χ1n) is 12.9. The Balaban J connectivity index is 1.39. The van der Waals surface area contributed by atoms with Gasteiger partial charge >= 0.3 is 12.2 Å². The molecule has 0 saturated heterocycles. The molecule has 1 N–H and O–H groups in total. The third-order valence-corrected chi connectivity index (χ3v) is 7.11. The van der Waals surface area contributed by atoms with E-state index >= 15 is 0 Å². The van der Waals surface area contributed by atoms with E-state index in [0.717, 1.165) is 35.6 Å². The van der Waals surface area contributed by atoms with Crippen LogP contribution in [0.5, 0.6) is 11.8 Å². The molecule has 43 heavy (non-hydrogen) atoms. The van der Waals surface area contributed by atoms with Crippen molar-refractivity contribution >= 4 is 34.8 Å². The van der Waals surface area contributed by atoms with Gasteiger partial charge in [-0.25, -0.2) is 4.68 Å². The molecular formula is C31H23Cl2F3N4O3. The summed E-state index contributed by atoms with van der Waals surface area (Å²) in [5, 5.41) is 7.96. The summed E-state index contributed by atoms with van der Waals surface area (Å²) in [5.41, 5.74) is 1.81. The Morgan fingerprint density at radius 3 is 2.35 bits per heavy atom. The number of carbonyl (C=O) groups is 1. The molecule has 5 rings (SSSR count). The van der Waals surface area contributed by atoms with E-state index in [-0.39, 0.29) is 11.6 Å². The highest BCUT2D eigenvalue weighted by Gasteiger charge is 2.30. The molecule has 12 heteroatoms. The molecule has 1 heterocycles. The first-order valence-corrected chi connectivity index (χ1v) is 13.6. The Morgan fingerprint density at radius 2 is 1.67 bits per heavy atom. The van der Waals surface area contributed by atoms with Crippen LogP contribution in [-0.4, -0.2) is 34.4 Å². The number of nitrogens with zero attached hydrogens (tertiary/aromatic N) is 3. The van der Waals surface area contributed by atoms with Gasteiger partial charge < -0.3 is 14.8 Å². The highest BCUT2D eigenvalue weighted by atomic mass is 35.5. The summed E-state index contributed by atoms with van der Waals surface area (Å²) in [6.45, 7) is 0.306. The lowest BCUT2D eigenvalue weighted by Crippen LogP contribution is -2.13. The molecule has 7 nitrogen and oxygen atoms in total. The summed E-state index contributed by atoms with van der Waals surface area (Å²) in [5.74, 6) is 0.593. The van der Waals surface area contributed by atoms with Gasteiger partial charge in [0.1, 0.15) is 5.75 Å². The normalized spacial score (nSPS) is 11.3. The van der Waals surface area contributed by atoms with Crippen LogP contribution in [0.25, 0.3) is 17.1 Å². The minimum atomic E-state index is -4.49. The molecule has 0 aliphatic carbocycles. The number of benzene rings is 4. The first-order chi connectivity index (χ1) is 20.6. The van der Waals surface area contributed by atoms with E-state index in [2.05, 4.69) is 15.4 Å². The van der Waals surface area contributed by atoms with Crippen molar-refractivity contribution in [2.24, 2.45) is 0 Å². The lowest BCUT2D eigenvalue weighted by atomic mass is 10.1. The average Bonchev–Trinajstić information content (AvgIpc) is 3.43. The van der Waals surface area contributed by atoms with Crippen molar-refractivity contribution < 1.29 is 27.4 Å². The number of ether oxygens (including phenoxy) is 2. The maximum Gasteiger partial charge on any atom is 0.416 e. The van der Waals surface area contributed by atoms with Crippen LogP contribution >= 0.6 is 23.2 Å². The molecular weight excluding hydrogens is 604 g/mol. The lowest BCUT2D eigenvalue weighted by molar-refractivity contribution is -0.137. The van der Waals surface area contributed by atoms with E-state index < -0.39 is 17.6 Å². The Morgan fingerprint density at radius 1 is 0.930 bits per heavy atom.